The van der Waals surface area contributed by atoms with E-state index in [0.29, 0.717) is 11.4 Å². The van der Waals surface area contributed by atoms with Crippen molar-refractivity contribution in [2.45, 2.75) is 26.2 Å². The zero-order chi connectivity index (χ0) is 17.0. The fourth-order valence-corrected chi connectivity index (χ4v) is 2.09. The van der Waals surface area contributed by atoms with Crippen molar-refractivity contribution in [2.75, 3.05) is 5.32 Å². The first-order chi connectivity index (χ1) is 10.8. The molecule has 3 amide bonds. The molecule has 1 heterocycles. The fraction of sp³-hybridized carbons (Fsp3) is 0.235. The Morgan fingerprint density at radius 1 is 1.09 bits per heavy atom. The Labute approximate surface area is 141 Å². The molecule has 0 saturated carbocycles. The maximum absolute atomic E-state index is 12.3. The molecule has 0 aliphatic carbocycles. The van der Waals surface area contributed by atoms with Crippen LogP contribution in [0.2, 0.25) is 0 Å². The summed E-state index contributed by atoms with van der Waals surface area (Å²) in [5.41, 5.74) is 1.50. The van der Waals surface area contributed by atoms with Gasteiger partial charge in [0.2, 0.25) is 0 Å². The molecule has 1 aromatic carbocycles. The largest absolute Gasteiger partial charge is 0.340 e. The smallest absolute Gasteiger partial charge is 0.291 e. The first-order valence-corrected chi connectivity index (χ1v) is 7.55. The van der Waals surface area contributed by atoms with Gasteiger partial charge in [0.05, 0.1) is 0 Å². The third-order valence-corrected chi connectivity index (χ3v) is 3.65. The highest BCUT2D eigenvalue weighted by Gasteiger charge is 2.21. The number of nitrogens with one attached hydrogen (secondary N) is 1. The summed E-state index contributed by atoms with van der Waals surface area (Å²) < 4.78 is 0.737. The zero-order valence-electron chi connectivity index (χ0n) is 13.3. The number of pyridine rings is 1. The molecule has 0 aliphatic heterocycles. The Balaban J connectivity index is 2.08. The number of carbonyl (C=O) groups is 2. The number of anilines is 1. The molecule has 0 atom stereocenters. The van der Waals surface area contributed by atoms with Crippen LogP contribution < -0.4 is 5.32 Å². The van der Waals surface area contributed by atoms with Crippen LogP contribution >= 0.6 is 12.8 Å². The summed E-state index contributed by atoms with van der Waals surface area (Å²) in [7, 11) is 0. The minimum absolute atomic E-state index is 0.00141. The number of nitrogens with zero attached hydrogens (tertiary/aromatic N) is 2. The summed E-state index contributed by atoms with van der Waals surface area (Å²) in [4.78, 5) is 28.3. The summed E-state index contributed by atoms with van der Waals surface area (Å²) in [5, 5.41) is 2.51. The number of aromatic nitrogens is 1. The molecule has 0 spiro atoms. The molecule has 6 heteroatoms. The van der Waals surface area contributed by atoms with E-state index in [1.54, 1.807) is 36.5 Å². The second-order valence-corrected chi connectivity index (χ2v) is 6.49. The topological polar surface area (TPSA) is 62.3 Å². The minimum Gasteiger partial charge on any atom is -0.291 e. The molecule has 0 aliphatic rings. The molecule has 2 aromatic rings. The lowest BCUT2D eigenvalue weighted by Crippen LogP contribution is -2.32. The zero-order valence-corrected chi connectivity index (χ0v) is 14.2. The highest BCUT2D eigenvalue weighted by Crippen LogP contribution is 2.22. The van der Waals surface area contributed by atoms with Crippen LogP contribution in [0.5, 0.6) is 0 Å². The summed E-state index contributed by atoms with van der Waals surface area (Å²) in [5.74, 6) is -0.144. The van der Waals surface area contributed by atoms with E-state index < -0.39 is 11.9 Å². The number of benzene rings is 1. The summed E-state index contributed by atoms with van der Waals surface area (Å²) in [6.07, 6.45) is 1.55. The van der Waals surface area contributed by atoms with Crippen LogP contribution in [0.4, 0.5) is 10.6 Å². The number of amides is 3. The lowest BCUT2D eigenvalue weighted by molar-refractivity contribution is 0.0901. The maximum atomic E-state index is 12.3. The highest BCUT2D eigenvalue weighted by molar-refractivity contribution is 7.79. The monoisotopic (exact) mass is 329 g/mol. The van der Waals surface area contributed by atoms with Gasteiger partial charge in [-0.1, -0.05) is 51.8 Å². The van der Waals surface area contributed by atoms with Crippen LogP contribution in [-0.4, -0.2) is 21.2 Å². The van der Waals surface area contributed by atoms with Crippen LogP contribution in [-0.2, 0) is 5.41 Å². The van der Waals surface area contributed by atoms with E-state index in [1.165, 1.54) is 0 Å². The lowest BCUT2D eigenvalue weighted by atomic mass is 9.87. The van der Waals surface area contributed by atoms with Crippen molar-refractivity contribution >= 4 is 30.6 Å². The van der Waals surface area contributed by atoms with Gasteiger partial charge in [-0.2, -0.15) is 0 Å². The average molecular weight is 329 g/mol. The quantitative estimate of drug-likeness (QED) is 0.822. The third kappa shape index (κ3) is 4.32. The molecular formula is C17H19N3O2S. The van der Waals surface area contributed by atoms with Gasteiger partial charge in [-0.05, 0) is 35.2 Å². The van der Waals surface area contributed by atoms with Crippen LogP contribution in [0.25, 0.3) is 0 Å². The first-order valence-electron chi connectivity index (χ1n) is 7.15. The van der Waals surface area contributed by atoms with Crippen molar-refractivity contribution in [1.82, 2.24) is 9.29 Å². The van der Waals surface area contributed by atoms with E-state index >= 15 is 0 Å². The molecule has 23 heavy (non-hydrogen) atoms. The van der Waals surface area contributed by atoms with Gasteiger partial charge in [0.1, 0.15) is 5.82 Å². The minimum atomic E-state index is -0.656. The Kier molecular flexibility index (Phi) is 5.05. The second kappa shape index (κ2) is 6.83. The Bertz CT molecular complexity index is 694. The molecule has 0 radical (unpaired) electrons. The molecule has 1 N–H and O–H groups in total. The molecule has 0 saturated heterocycles. The van der Waals surface area contributed by atoms with Crippen molar-refractivity contribution in [2.24, 2.45) is 0 Å². The van der Waals surface area contributed by atoms with Gasteiger partial charge in [-0.3, -0.25) is 10.1 Å². The number of thiol groups is 1. The van der Waals surface area contributed by atoms with E-state index in [4.69, 9.17) is 0 Å². The van der Waals surface area contributed by atoms with Gasteiger partial charge >= 0.3 is 6.03 Å². The molecule has 0 bridgehead atoms. The molecule has 0 unspecified atom stereocenters. The van der Waals surface area contributed by atoms with Crippen LogP contribution in [0.1, 0.15) is 36.7 Å². The van der Waals surface area contributed by atoms with Crippen LogP contribution in [0, 0.1) is 0 Å². The van der Waals surface area contributed by atoms with Crippen molar-refractivity contribution in [3.05, 3.63) is 59.8 Å². The van der Waals surface area contributed by atoms with Crippen molar-refractivity contribution in [3.8, 4) is 0 Å². The third-order valence-electron chi connectivity index (χ3n) is 3.28. The molecular weight excluding hydrogens is 310 g/mol. The normalized spacial score (nSPS) is 11.0. The van der Waals surface area contributed by atoms with Gasteiger partial charge in [0.25, 0.3) is 5.91 Å². The van der Waals surface area contributed by atoms with Crippen molar-refractivity contribution in [1.29, 1.82) is 0 Å². The van der Waals surface area contributed by atoms with E-state index in [2.05, 4.69) is 43.9 Å². The van der Waals surface area contributed by atoms with E-state index in [-0.39, 0.29) is 5.41 Å². The van der Waals surface area contributed by atoms with Gasteiger partial charge < -0.3 is 0 Å². The van der Waals surface area contributed by atoms with Gasteiger partial charge in [-0.15, -0.1) is 0 Å². The van der Waals surface area contributed by atoms with Crippen LogP contribution in [0.3, 0.4) is 0 Å². The number of carbonyl (C=O) groups excluding carboxylic acids is 2. The summed E-state index contributed by atoms with van der Waals surface area (Å²) in [6, 6.07) is 11.6. The molecule has 2 rings (SSSR count). The highest BCUT2D eigenvalue weighted by atomic mass is 32.1. The number of hydrogen-bond acceptors (Lipinski definition) is 4. The number of rotatable bonds is 2. The predicted molar refractivity (Wildman–Crippen MR) is 93.6 cm³/mol. The maximum Gasteiger partial charge on any atom is 0.340 e. The second-order valence-electron chi connectivity index (χ2n) is 6.09. The van der Waals surface area contributed by atoms with Gasteiger partial charge in [0.15, 0.2) is 0 Å². The molecule has 120 valence electrons. The Hall–Kier alpha value is -2.34. The van der Waals surface area contributed by atoms with Crippen molar-refractivity contribution < 1.29 is 9.59 Å². The number of hydrogen-bond donors (Lipinski definition) is 2. The number of imide groups is 1. The van der Waals surface area contributed by atoms with Crippen LogP contribution in [0.15, 0.2) is 48.7 Å². The Morgan fingerprint density at radius 3 is 2.26 bits per heavy atom. The van der Waals surface area contributed by atoms with E-state index in [9.17, 15) is 9.59 Å². The SMILES string of the molecule is CC(C)(C)c1ccc(C(=O)N(S)C(=O)Nc2ccccn2)cc1. The van der Waals surface area contributed by atoms with Crippen molar-refractivity contribution in [3.63, 3.8) is 0 Å². The molecule has 0 fully saturated rings. The molecule has 5 nitrogen and oxygen atoms in total. The first kappa shape index (κ1) is 17.0. The Morgan fingerprint density at radius 2 is 1.74 bits per heavy atom. The molecule has 1 aromatic heterocycles. The fourth-order valence-electron chi connectivity index (χ4n) is 1.93. The summed E-state index contributed by atoms with van der Waals surface area (Å²) >= 11 is 3.99. The average Bonchev–Trinajstić information content (AvgIpc) is 2.53. The van der Waals surface area contributed by atoms with E-state index in [0.717, 1.165) is 9.87 Å². The van der Waals surface area contributed by atoms with Gasteiger partial charge in [-0.25, -0.2) is 14.1 Å². The number of urea groups is 1. The standard InChI is InChI=1S/C17H19N3O2S/c1-17(2,3)13-9-7-12(8-10-13)15(21)20(23)16(22)19-14-6-4-5-11-18-14/h4-11,23H,1-3H3,(H,18,19,22). The lowest BCUT2D eigenvalue weighted by Gasteiger charge is -2.19. The van der Waals surface area contributed by atoms with E-state index in [1.807, 2.05) is 12.1 Å². The predicted octanol–water partition coefficient (Wildman–Crippen LogP) is 3.90. The van der Waals surface area contributed by atoms with Gasteiger partial charge in [0, 0.05) is 11.8 Å². The summed E-state index contributed by atoms with van der Waals surface area (Å²) in [6.45, 7) is 6.28.